The molecule has 23 nitrogen and oxygen atoms in total. The summed E-state index contributed by atoms with van der Waals surface area (Å²) in [6, 6.07) is 0. The van der Waals surface area contributed by atoms with E-state index in [-0.39, 0.29) is 35.9 Å². The van der Waals surface area contributed by atoms with E-state index in [0.29, 0.717) is 11.8 Å². The smallest absolute Gasteiger partial charge is 0.386 e. The van der Waals surface area contributed by atoms with E-state index in [4.69, 9.17) is 19.5 Å². The number of amides is 2. The number of hydrogen-bond acceptors (Lipinski definition) is 18. The highest BCUT2D eigenvalue weighted by atomic mass is 32.2. The SMILES string of the molecule is CSCC(C)SCCNC(=O)CCNC(=O)C(O)C(C)(C)COP(=O)(O)OP(=O)(O)OCC1OC(n2cnc3c(N)ncnc32)C(O)C1OP(=O)(O)O. The number of aliphatic hydroxyl groups excluding tert-OH is 2. The van der Waals surface area contributed by atoms with Gasteiger partial charge in [-0.2, -0.15) is 27.8 Å². The molecule has 3 heterocycles. The Morgan fingerprint density at radius 1 is 1.09 bits per heavy atom. The lowest BCUT2D eigenvalue weighted by atomic mass is 9.87. The summed E-state index contributed by atoms with van der Waals surface area (Å²) in [6.07, 6.45) is -4.69. The Labute approximate surface area is 311 Å². The first-order valence-electron chi connectivity index (χ1n) is 15.6. The van der Waals surface area contributed by atoms with Crippen LogP contribution < -0.4 is 16.4 Å². The van der Waals surface area contributed by atoms with Gasteiger partial charge in [0.1, 0.15) is 36.3 Å². The number of nitrogens with two attached hydrogens (primary N) is 1. The Bertz CT molecular complexity index is 1700. The number of rotatable bonds is 22. The second kappa shape index (κ2) is 19.4. The lowest BCUT2D eigenvalue weighted by Crippen LogP contribution is -2.46. The van der Waals surface area contributed by atoms with Crippen molar-refractivity contribution in [2.24, 2.45) is 5.41 Å². The van der Waals surface area contributed by atoms with Gasteiger partial charge in [-0.25, -0.2) is 28.6 Å². The third kappa shape index (κ3) is 14.0. The second-order valence-corrected chi connectivity index (χ2v) is 18.9. The van der Waals surface area contributed by atoms with Gasteiger partial charge >= 0.3 is 23.5 Å². The molecule has 302 valence electrons. The molecule has 1 saturated heterocycles. The molecule has 2 aromatic heterocycles. The van der Waals surface area contributed by atoms with Gasteiger partial charge in [0.25, 0.3) is 0 Å². The third-order valence-corrected chi connectivity index (χ3v) is 12.6. The Kier molecular flexibility index (Phi) is 16.7. The van der Waals surface area contributed by atoms with Crippen LogP contribution in [0.3, 0.4) is 0 Å². The number of nitrogens with one attached hydrogen (secondary N) is 2. The van der Waals surface area contributed by atoms with Crippen LogP contribution in [0.2, 0.25) is 0 Å². The van der Waals surface area contributed by atoms with E-state index in [1.54, 1.807) is 23.5 Å². The number of imidazole rings is 1. The van der Waals surface area contributed by atoms with Crippen LogP contribution in [0.5, 0.6) is 0 Å². The largest absolute Gasteiger partial charge is 0.481 e. The Balaban J connectivity index is 1.52. The fraction of sp³-hybridized carbons (Fsp3) is 0.720. The van der Waals surface area contributed by atoms with Gasteiger partial charge in [0, 0.05) is 41.7 Å². The molecular formula is C25H44N7O16P3S2. The monoisotopic (exact) mass is 855 g/mol. The summed E-state index contributed by atoms with van der Waals surface area (Å²) in [5.74, 6) is 0.423. The number of phosphoric acid groups is 3. The van der Waals surface area contributed by atoms with Crippen molar-refractivity contribution in [3.8, 4) is 0 Å². The predicted octanol–water partition coefficient (Wildman–Crippen LogP) is -0.110. The zero-order chi connectivity index (χ0) is 39.8. The van der Waals surface area contributed by atoms with Crippen molar-refractivity contribution < 1.29 is 75.7 Å². The first-order valence-corrected chi connectivity index (χ1v) is 22.5. The van der Waals surface area contributed by atoms with Gasteiger partial charge in [-0.1, -0.05) is 20.8 Å². The van der Waals surface area contributed by atoms with E-state index in [0.717, 1.165) is 28.7 Å². The number of thioether (sulfide) groups is 2. The summed E-state index contributed by atoms with van der Waals surface area (Å²) in [6.45, 7) is 2.99. The molecule has 0 spiro atoms. The first-order chi connectivity index (χ1) is 24.6. The number of nitrogen functional groups attached to an aromatic ring is 1. The lowest BCUT2D eigenvalue weighted by Gasteiger charge is -2.30. The van der Waals surface area contributed by atoms with E-state index in [1.165, 1.54) is 13.8 Å². The molecule has 8 atom stereocenters. The molecule has 2 aromatic rings. The molecule has 10 N–H and O–H groups in total. The summed E-state index contributed by atoms with van der Waals surface area (Å²) >= 11 is 3.44. The average Bonchev–Trinajstić information content (AvgIpc) is 3.61. The molecule has 8 unspecified atom stereocenters. The summed E-state index contributed by atoms with van der Waals surface area (Å²) in [4.78, 5) is 75.5. The number of carbonyl (C=O) groups excluding carboxylic acids is 2. The lowest BCUT2D eigenvalue weighted by molar-refractivity contribution is -0.137. The quantitative estimate of drug-likeness (QED) is 0.0551. The van der Waals surface area contributed by atoms with Crippen molar-refractivity contribution in [1.29, 1.82) is 0 Å². The minimum Gasteiger partial charge on any atom is -0.386 e. The van der Waals surface area contributed by atoms with Crippen molar-refractivity contribution >= 4 is 75.8 Å². The fourth-order valence-corrected chi connectivity index (χ4v) is 9.39. The Morgan fingerprint density at radius 2 is 1.77 bits per heavy atom. The number of aliphatic hydroxyl groups is 2. The van der Waals surface area contributed by atoms with Gasteiger partial charge in [-0.05, 0) is 6.26 Å². The molecule has 2 amide bonds. The van der Waals surface area contributed by atoms with E-state index >= 15 is 0 Å². The Morgan fingerprint density at radius 3 is 2.43 bits per heavy atom. The van der Waals surface area contributed by atoms with Gasteiger partial charge < -0.3 is 50.9 Å². The highest BCUT2D eigenvalue weighted by molar-refractivity contribution is 8.03. The van der Waals surface area contributed by atoms with Gasteiger partial charge in [-0.15, -0.1) is 0 Å². The van der Waals surface area contributed by atoms with Gasteiger partial charge in [-0.3, -0.25) is 27.7 Å². The van der Waals surface area contributed by atoms with Gasteiger partial charge in [0.2, 0.25) is 11.8 Å². The molecular weight excluding hydrogens is 811 g/mol. The number of carbonyl (C=O) groups is 2. The predicted molar refractivity (Wildman–Crippen MR) is 190 cm³/mol. The summed E-state index contributed by atoms with van der Waals surface area (Å²) < 4.78 is 62.1. The Hall–Kier alpha value is -1.76. The van der Waals surface area contributed by atoms with E-state index in [1.807, 2.05) is 6.26 Å². The standard InChI is InChI=1S/C25H44N7O16P3S2/c1-14(10-52-4)53-8-7-27-16(33)5-6-28-23(36)20(35)25(2,3)11-45-51(42,43)48-50(40,41)44-9-15-19(47-49(37,38)39)18(34)24(46-15)32-13-31-17-21(26)29-12-30-22(17)32/h12-15,18-20,24,34-35H,5-11H2,1-4H3,(H,27,33)(H,28,36)(H,40,41)(H,42,43)(H2,26,29,30)(H2,37,38,39). The number of nitrogens with zero attached hydrogens (tertiary/aromatic N) is 4. The molecule has 0 saturated carbocycles. The molecule has 1 aliphatic heterocycles. The highest BCUT2D eigenvalue weighted by Crippen LogP contribution is 2.61. The van der Waals surface area contributed by atoms with Crippen molar-refractivity contribution in [2.75, 3.05) is 49.8 Å². The van der Waals surface area contributed by atoms with Crippen LogP contribution in [-0.4, -0.2) is 135 Å². The van der Waals surface area contributed by atoms with Crippen molar-refractivity contribution in [3.63, 3.8) is 0 Å². The summed E-state index contributed by atoms with van der Waals surface area (Å²) in [7, 11) is -16.3. The summed E-state index contributed by atoms with van der Waals surface area (Å²) in [5.41, 5.74) is 4.32. The van der Waals surface area contributed by atoms with E-state index in [9.17, 15) is 53.1 Å². The van der Waals surface area contributed by atoms with E-state index in [2.05, 4.69) is 41.3 Å². The number of fused-ring (bicyclic) bond motifs is 1. The third-order valence-electron chi connectivity index (χ3n) is 7.31. The second-order valence-electron chi connectivity index (χ2n) is 12.2. The van der Waals surface area contributed by atoms with Gasteiger partial charge in [0.15, 0.2) is 17.7 Å². The van der Waals surface area contributed by atoms with Crippen LogP contribution in [0.25, 0.3) is 11.2 Å². The topological polar surface area (TPSA) is 347 Å². The number of anilines is 1. The van der Waals surface area contributed by atoms with Crippen LogP contribution >= 0.6 is 47.0 Å². The van der Waals surface area contributed by atoms with Crippen molar-refractivity contribution in [1.82, 2.24) is 30.2 Å². The van der Waals surface area contributed by atoms with Crippen LogP contribution in [0.15, 0.2) is 12.7 Å². The molecule has 53 heavy (non-hydrogen) atoms. The minimum atomic E-state index is -5.54. The minimum absolute atomic E-state index is 0.0344. The molecule has 0 radical (unpaired) electrons. The normalized spacial score (nSPS) is 22.9. The zero-order valence-corrected chi connectivity index (χ0v) is 33.2. The molecule has 0 aromatic carbocycles. The number of ether oxygens (including phenoxy) is 1. The maximum Gasteiger partial charge on any atom is 0.481 e. The number of phosphoric ester groups is 3. The molecule has 3 rings (SSSR count). The molecule has 0 aliphatic carbocycles. The van der Waals surface area contributed by atoms with Crippen LogP contribution in [-0.2, 0) is 45.9 Å². The fourth-order valence-electron chi connectivity index (χ4n) is 4.67. The summed E-state index contributed by atoms with van der Waals surface area (Å²) in [5, 5.41) is 27.0. The highest BCUT2D eigenvalue weighted by Gasteiger charge is 2.50. The first kappa shape index (κ1) is 45.6. The van der Waals surface area contributed by atoms with Crippen LogP contribution in [0.4, 0.5) is 5.82 Å². The maximum absolute atomic E-state index is 12.7. The average molecular weight is 856 g/mol. The van der Waals surface area contributed by atoms with E-state index < -0.39 is 78.6 Å². The van der Waals surface area contributed by atoms with Crippen molar-refractivity contribution in [3.05, 3.63) is 12.7 Å². The molecule has 1 aliphatic rings. The molecule has 28 heteroatoms. The molecule has 0 bridgehead atoms. The number of aromatic nitrogens is 4. The van der Waals surface area contributed by atoms with Crippen LogP contribution in [0, 0.1) is 5.41 Å². The molecule has 1 fully saturated rings. The van der Waals surface area contributed by atoms with Crippen molar-refractivity contribution in [2.45, 2.75) is 63.1 Å². The zero-order valence-electron chi connectivity index (χ0n) is 28.9. The number of hydrogen-bond donors (Lipinski definition) is 9. The van der Waals surface area contributed by atoms with Gasteiger partial charge in [0.05, 0.1) is 19.5 Å². The van der Waals surface area contributed by atoms with Crippen LogP contribution in [0.1, 0.15) is 33.4 Å². The maximum atomic E-state index is 12.7.